The molecule has 134 valence electrons. The molecular weight excluding hydrogens is 356 g/mol. The molecule has 1 aromatic heterocycles. The fraction of sp³-hybridized carbons (Fsp3) is 0.0870. The molecule has 3 nitrogen and oxygen atoms in total. The van der Waals surface area contributed by atoms with E-state index < -0.39 is 0 Å². The van der Waals surface area contributed by atoms with Crippen LogP contribution >= 0.6 is 11.6 Å². The van der Waals surface area contributed by atoms with Crippen LogP contribution in [0, 0.1) is 0 Å². The lowest BCUT2D eigenvalue weighted by atomic mass is 9.90. The topological polar surface area (TPSA) is 44.9 Å². The molecule has 0 aliphatic carbocycles. The Morgan fingerprint density at radius 1 is 0.889 bits per heavy atom. The van der Waals surface area contributed by atoms with Crippen LogP contribution in [-0.4, -0.2) is 17.4 Å². The van der Waals surface area contributed by atoms with Crippen molar-refractivity contribution in [1.29, 1.82) is 0 Å². The molecular formula is C23H19ClN2O. The summed E-state index contributed by atoms with van der Waals surface area (Å²) in [6.45, 7) is 0.458. The van der Waals surface area contributed by atoms with Crippen molar-refractivity contribution in [3.8, 4) is 0 Å². The van der Waals surface area contributed by atoms with E-state index in [1.165, 1.54) is 0 Å². The summed E-state index contributed by atoms with van der Waals surface area (Å²) in [6, 6.07) is 25.2. The fourth-order valence-electron chi connectivity index (χ4n) is 3.41. The third-order valence-electron chi connectivity index (χ3n) is 4.78. The van der Waals surface area contributed by atoms with E-state index in [2.05, 4.69) is 16.4 Å². The Bertz CT molecular complexity index is 1070. The number of halogens is 1. The van der Waals surface area contributed by atoms with Crippen LogP contribution < -0.4 is 5.32 Å². The zero-order chi connectivity index (χ0) is 18.6. The summed E-state index contributed by atoms with van der Waals surface area (Å²) in [6.07, 6.45) is 2.01. The molecule has 0 bridgehead atoms. The van der Waals surface area contributed by atoms with Crippen molar-refractivity contribution >= 4 is 28.4 Å². The highest BCUT2D eigenvalue weighted by molar-refractivity contribution is 6.31. The molecule has 0 saturated heterocycles. The first-order valence-corrected chi connectivity index (χ1v) is 9.25. The predicted molar refractivity (Wildman–Crippen MR) is 110 cm³/mol. The Kier molecular flexibility index (Phi) is 4.95. The van der Waals surface area contributed by atoms with Crippen molar-refractivity contribution in [2.45, 2.75) is 5.92 Å². The summed E-state index contributed by atoms with van der Waals surface area (Å²) in [5.74, 6) is -0.144. The molecule has 4 heteroatoms. The van der Waals surface area contributed by atoms with E-state index >= 15 is 0 Å². The molecule has 4 rings (SSSR count). The van der Waals surface area contributed by atoms with Crippen molar-refractivity contribution < 1.29 is 4.79 Å². The van der Waals surface area contributed by atoms with E-state index in [0.717, 1.165) is 22.0 Å². The molecule has 1 amide bonds. The van der Waals surface area contributed by atoms with Gasteiger partial charge in [-0.15, -0.1) is 0 Å². The van der Waals surface area contributed by atoms with Gasteiger partial charge in [0.2, 0.25) is 0 Å². The summed E-state index contributed by atoms with van der Waals surface area (Å²) in [4.78, 5) is 15.9. The smallest absolute Gasteiger partial charge is 0.251 e. The van der Waals surface area contributed by atoms with E-state index in [1.54, 1.807) is 0 Å². The predicted octanol–water partition coefficient (Wildman–Crippen LogP) is 5.38. The number of rotatable bonds is 5. The third kappa shape index (κ3) is 3.60. The van der Waals surface area contributed by atoms with Gasteiger partial charge in [-0.05, 0) is 35.4 Å². The Hall–Kier alpha value is -3.04. The first-order valence-electron chi connectivity index (χ1n) is 8.87. The summed E-state index contributed by atoms with van der Waals surface area (Å²) in [7, 11) is 0. The van der Waals surface area contributed by atoms with Crippen LogP contribution in [-0.2, 0) is 0 Å². The van der Waals surface area contributed by atoms with Gasteiger partial charge in [0.25, 0.3) is 5.91 Å². The SMILES string of the molecule is O=C(NCC(c1ccccc1Cl)c1c[nH]c2ccccc12)c1ccccc1. The summed E-state index contributed by atoms with van der Waals surface area (Å²) in [5, 5.41) is 4.90. The average Bonchev–Trinajstić information content (AvgIpc) is 3.14. The Morgan fingerprint density at radius 3 is 2.41 bits per heavy atom. The molecule has 2 N–H and O–H groups in total. The summed E-state index contributed by atoms with van der Waals surface area (Å²) < 4.78 is 0. The third-order valence-corrected chi connectivity index (χ3v) is 5.12. The number of aromatic amines is 1. The lowest BCUT2D eigenvalue weighted by molar-refractivity contribution is 0.0952. The minimum Gasteiger partial charge on any atom is -0.361 e. The average molecular weight is 375 g/mol. The van der Waals surface area contributed by atoms with E-state index in [9.17, 15) is 4.79 Å². The lowest BCUT2D eigenvalue weighted by Crippen LogP contribution is -2.29. The second-order valence-electron chi connectivity index (χ2n) is 6.44. The number of carbonyl (C=O) groups excluding carboxylic acids is 1. The number of para-hydroxylation sites is 1. The highest BCUT2D eigenvalue weighted by Crippen LogP contribution is 2.34. The highest BCUT2D eigenvalue weighted by atomic mass is 35.5. The zero-order valence-electron chi connectivity index (χ0n) is 14.7. The molecule has 1 atom stereocenters. The standard InChI is InChI=1S/C23H19ClN2O/c24-21-12-6-4-10-17(21)19(15-26-23(27)16-8-2-1-3-9-16)20-14-25-22-13-7-5-11-18(20)22/h1-14,19,25H,15H2,(H,26,27). The molecule has 1 unspecified atom stereocenters. The molecule has 0 aliphatic heterocycles. The molecule has 0 radical (unpaired) electrons. The van der Waals surface area contributed by atoms with Crippen LogP contribution in [0.15, 0.2) is 85.1 Å². The molecule has 0 aliphatic rings. The zero-order valence-corrected chi connectivity index (χ0v) is 15.4. The number of aromatic nitrogens is 1. The van der Waals surface area contributed by atoms with Crippen molar-refractivity contribution in [1.82, 2.24) is 10.3 Å². The van der Waals surface area contributed by atoms with Crippen LogP contribution in [0.25, 0.3) is 10.9 Å². The number of amides is 1. The van der Waals surface area contributed by atoms with Crippen molar-refractivity contribution in [2.24, 2.45) is 0 Å². The number of fused-ring (bicyclic) bond motifs is 1. The largest absolute Gasteiger partial charge is 0.361 e. The normalized spacial score (nSPS) is 12.0. The van der Waals surface area contributed by atoms with E-state index in [1.807, 2.05) is 79.0 Å². The number of benzene rings is 3. The first-order chi connectivity index (χ1) is 13.2. The van der Waals surface area contributed by atoms with E-state index in [-0.39, 0.29) is 11.8 Å². The van der Waals surface area contributed by atoms with Crippen LogP contribution in [0.3, 0.4) is 0 Å². The van der Waals surface area contributed by atoms with Gasteiger partial charge in [-0.3, -0.25) is 4.79 Å². The maximum atomic E-state index is 12.5. The van der Waals surface area contributed by atoms with E-state index in [0.29, 0.717) is 17.1 Å². The molecule has 0 spiro atoms. The van der Waals surface area contributed by atoms with Gasteiger partial charge in [-0.1, -0.05) is 66.2 Å². The number of hydrogen-bond donors (Lipinski definition) is 2. The first kappa shape index (κ1) is 17.4. The number of hydrogen-bond acceptors (Lipinski definition) is 1. The van der Waals surface area contributed by atoms with Gasteiger partial charge in [0.15, 0.2) is 0 Å². The second kappa shape index (κ2) is 7.68. The van der Waals surface area contributed by atoms with Crippen LogP contribution in [0.4, 0.5) is 0 Å². The molecule has 3 aromatic carbocycles. The minimum atomic E-state index is -0.0903. The van der Waals surface area contributed by atoms with Gasteiger partial charge >= 0.3 is 0 Å². The maximum absolute atomic E-state index is 12.5. The van der Waals surface area contributed by atoms with Crippen molar-refractivity contribution in [3.63, 3.8) is 0 Å². The van der Waals surface area contributed by atoms with E-state index in [4.69, 9.17) is 11.6 Å². The number of nitrogens with one attached hydrogen (secondary N) is 2. The highest BCUT2D eigenvalue weighted by Gasteiger charge is 2.21. The molecule has 0 fully saturated rings. The van der Waals surface area contributed by atoms with Gasteiger partial charge in [0, 0.05) is 40.1 Å². The van der Waals surface area contributed by atoms with Crippen LogP contribution in [0.1, 0.15) is 27.4 Å². The molecule has 4 aromatic rings. The van der Waals surface area contributed by atoms with Crippen molar-refractivity contribution in [2.75, 3.05) is 6.54 Å². The molecule has 1 heterocycles. The van der Waals surface area contributed by atoms with Crippen LogP contribution in [0.2, 0.25) is 5.02 Å². The lowest BCUT2D eigenvalue weighted by Gasteiger charge is -2.19. The van der Waals surface area contributed by atoms with Gasteiger partial charge in [-0.25, -0.2) is 0 Å². The van der Waals surface area contributed by atoms with Gasteiger partial charge in [0.05, 0.1) is 0 Å². The minimum absolute atomic E-state index is 0.0532. The monoisotopic (exact) mass is 374 g/mol. The Balaban J connectivity index is 1.69. The van der Waals surface area contributed by atoms with Crippen LogP contribution in [0.5, 0.6) is 0 Å². The molecule has 27 heavy (non-hydrogen) atoms. The Morgan fingerprint density at radius 2 is 1.59 bits per heavy atom. The molecule has 0 saturated carbocycles. The van der Waals surface area contributed by atoms with Gasteiger partial charge < -0.3 is 10.3 Å². The number of H-pyrrole nitrogens is 1. The van der Waals surface area contributed by atoms with Gasteiger partial charge in [-0.2, -0.15) is 0 Å². The summed E-state index contributed by atoms with van der Waals surface area (Å²) in [5.41, 5.74) is 3.83. The van der Waals surface area contributed by atoms with Crippen molar-refractivity contribution in [3.05, 3.63) is 107 Å². The maximum Gasteiger partial charge on any atom is 0.251 e. The number of carbonyl (C=O) groups is 1. The second-order valence-corrected chi connectivity index (χ2v) is 6.85. The quantitative estimate of drug-likeness (QED) is 0.483. The fourth-order valence-corrected chi connectivity index (χ4v) is 3.68. The summed E-state index contributed by atoms with van der Waals surface area (Å²) >= 11 is 6.50. The van der Waals surface area contributed by atoms with Gasteiger partial charge in [0.1, 0.15) is 0 Å². The Labute approximate surface area is 163 Å².